The van der Waals surface area contributed by atoms with Crippen LogP contribution in [-0.2, 0) is 26.5 Å². The highest BCUT2D eigenvalue weighted by Gasteiger charge is 2.29. The lowest BCUT2D eigenvalue weighted by molar-refractivity contribution is 0.172. The number of hydrogen-bond acceptors (Lipinski definition) is 5. The summed E-state index contributed by atoms with van der Waals surface area (Å²) < 4.78 is 55.6. The molecule has 1 aliphatic carbocycles. The van der Waals surface area contributed by atoms with Gasteiger partial charge in [-0.2, -0.15) is 0 Å². The third-order valence-electron chi connectivity index (χ3n) is 6.21. The maximum atomic E-state index is 13.3. The average molecular weight is 509 g/mol. The van der Waals surface area contributed by atoms with Gasteiger partial charge in [-0.25, -0.2) is 24.8 Å². The van der Waals surface area contributed by atoms with Gasteiger partial charge in [0.05, 0.1) is 27.3 Å². The Kier molecular flexibility index (Phi) is 5.58. The summed E-state index contributed by atoms with van der Waals surface area (Å²) in [5.41, 5.74) is 3.64. The van der Waals surface area contributed by atoms with Crippen LogP contribution in [0.1, 0.15) is 39.7 Å². The fraction of sp³-hybridized carbons (Fsp3) is 0.154. The summed E-state index contributed by atoms with van der Waals surface area (Å²) in [5.74, 6) is 0. The van der Waals surface area contributed by atoms with Crippen molar-refractivity contribution in [1.82, 2.24) is 7.94 Å². The van der Waals surface area contributed by atoms with E-state index in [2.05, 4.69) is 0 Å². The van der Waals surface area contributed by atoms with Gasteiger partial charge in [0.15, 0.2) is 0 Å². The van der Waals surface area contributed by atoms with Crippen molar-refractivity contribution < 1.29 is 21.9 Å². The van der Waals surface area contributed by atoms with Crippen molar-refractivity contribution in [1.29, 1.82) is 0 Å². The van der Waals surface area contributed by atoms with Crippen LogP contribution in [0.2, 0.25) is 0 Å². The van der Waals surface area contributed by atoms with E-state index < -0.39 is 26.2 Å². The van der Waals surface area contributed by atoms with Gasteiger partial charge in [0, 0.05) is 18.8 Å². The number of fused-ring (bicyclic) bond motifs is 2. The number of benzene rings is 2. The summed E-state index contributed by atoms with van der Waals surface area (Å²) in [4.78, 5) is 0.282. The number of aromatic nitrogens is 2. The van der Waals surface area contributed by atoms with E-state index in [-0.39, 0.29) is 21.9 Å². The average Bonchev–Trinajstić information content (AvgIpc) is 3.41. The summed E-state index contributed by atoms with van der Waals surface area (Å²) >= 11 is 0. The zero-order valence-corrected chi connectivity index (χ0v) is 20.8. The third kappa shape index (κ3) is 3.95. The van der Waals surface area contributed by atoms with Crippen LogP contribution in [0.4, 0.5) is 0 Å². The topological polar surface area (TPSA) is 98.4 Å². The van der Waals surface area contributed by atoms with Crippen molar-refractivity contribution in [3.8, 4) is 0 Å². The Morgan fingerprint density at radius 2 is 1.23 bits per heavy atom. The van der Waals surface area contributed by atoms with Crippen molar-refractivity contribution in [2.24, 2.45) is 0 Å². The van der Waals surface area contributed by atoms with Crippen LogP contribution in [0.3, 0.4) is 0 Å². The summed E-state index contributed by atoms with van der Waals surface area (Å²) in [5, 5.41) is 11.1. The summed E-state index contributed by atoms with van der Waals surface area (Å²) in [6.07, 6.45) is 5.05. The summed E-state index contributed by atoms with van der Waals surface area (Å²) in [6, 6.07) is 16.4. The number of aryl methyl sites for hydroxylation is 2. The number of nitrogens with zero attached hydrogens (tertiary/aromatic N) is 2. The SMILES string of the molecule is Cc1ccc(S(=O)(=O)n2ccc3c2/C=C\c2ccn(S(=O)(=O)c4ccc(C)cc4)c2C(O)C3)cc1. The zero-order chi connectivity index (χ0) is 25.0. The van der Waals surface area contributed by atoms with Crippen LogP contribution in [0, 0.1) is 13.8 Å². The molecule has 5 rings (SSSR count). The largest absolute Gasteiger partial charge is 0.386 e. The molecule has 2 aromatic heterocycles. The Morgan fingerprint density at radius 1 is 0.714 bits per heavy atom. The Morgan fingerprint density at radius 3 is 1.80 bits per heavy atom. The molecule has 1 N–H and O–H groups in total. The molecule has 1 atom stereocenters. The van der Waals surface area contributed by atoms with Gasteiger partial charge >= 0.3 is 0 Å². The van der Waals surface area contributed by atoms with Crippen molar-refractivity contribution in [3.63, 3.8) is 0 Å². The Labute approximate surface area is 204 Å². The van der Waals surface area contributed by atoms with E-state index in [0.29, 0.717) is 16.8 Å². The van der Waals surface area contributed by atoms with Gasteiger partial charge in [0.25, 0.3) is 20.0 Å². The molecule has 2 aromatic carbocycles. The number of rotatable bonds is 4. The maximum absolute atomic E-state index is 13.3. The molecule has 180 valence electrons. The monoisotopic (exact) mass is 508 g/mol. The van der Waals surface area contributed by atoms with Crippen LogP contribution in [-0.4, -0.2) is 29.9 Å². The van der Waals surface area contributed by atoms with Gasteiger partial charge < -0.3 is 5.11 Å². The normalized spacial score (nSPS) is 16.7. The fourth-order valence-corrected chi connectivity index (χ4v) is 7.06. The van der Waals surface area contributed by atoms with Gasteiger partial charge in [-0.1, -0.05) is 41.5 Å². The Bertz CT molecular complexity index is 1660. The van der Waals surface area contributed by atoms with Crippen LogP contribution in [0.15, 0.2) is 82.8 Å². The molecule has 0 spiro atoms. The van der Waals surface area contributed by atoms with Gasteiger partial charge in [-0.3, -0.25) is 0 Å². The van der Waals surface area contributed by atoms with Gasteiger partial charge in [0.2, 0.25) is 0 Å². The molecule has 0 bridgehead atoms. The maximum Gasteiger partial charge on any atom is 0.268 e. The number of hydrogen-bond donors (Lipinski definition) is 1. The Hall–Kier alpha value is -3.40. The molecule has 0 fully saturated rings. The molecule has 2 heterocycles. The van der Waals surface area contributed by atoms with Crippen molar-refractivity contribution >= 4 is 32.2 Å². The lowest BCUT2D eigenvalue weighted by Crippen LogP contribution is -2.19. The second-order valence-corrected chi connectivity index (χ2v) is 12.3. The molecule has 0 saturated carbocycles. The third-order valence-corrected chi connectivity index (χ3v) is 9.61. The minimum Gasteiger partial charge on any atom is -0.386 e. The van der Waals surface area contributed by atoms with Crippen LogP contribution >= 0.6 is 0 Å². The molecule has 7 nitrogen and oxygen atoms in total. The quantitative estimate of drug-likeness (QED) is 0.447. The second kappa shape index (κ2) is 8.37. The van der Waals surface area contributed by atoms with Gasteiger partial charge in [-0.15, -0.1) is 0 Å². The van der Waals surface area contributed by atoms with Crippen LogP contribution in [0.5, 0.6) is 0 Å². The second-order valence-electron chi connectivity index (χ2n) is 8.66. The first-order valence-electron chi connectivity index (χ1n) is 11.0. The van der Waals surface area contributed by atoms with Crippen molar-refractivity contribution in [3.05, 3.63) is 107 Å². The van der Waals surface area contributed by atoms with E-state index in [4.69, 9.17) is 0 Å². The summed E-state index contributed by atoms with van der Waals surface area (Å²) in [7, 11) is -7.78. The van der Waals surface area contributed by atoms with E-state index >= 15 is 0 Å². The minimum absolute atomic E-state index is 0.0521. The fourth-order valence-electron chi connectivity index (χ4n) is 4.28. The molecule has 9 heteroatoms. The van der Waals surface area contributed by atoms with Gasteiger partial charge in [-0.05, 0) is 67.4 Å². The highest BCUT2D eigenvalue weighted by molar-refractivity contribution is 7.90. The number of aliphatic hydroxyl groups is 1. The molecule has 1 unspecified atom stereocenters. The predicted molar refractivity (Wildman–Crippen MR) is 134 cm³/mol. The van der Waals surface area contributed by atoms with E-state index in [1.54, 1.807) is 60.7 Å². The molecular formula is C26H24N2O5S2. The first-order valence-corrected chi connectivity index (χ1v) is 13.9. The molecule has 35 heavy (non-hydrogen) atoms. The highest BCUT2D eigenvalue weighted by Crippen LogP contribution is 2.33. The molecule has 0 radical (unpaired) electrons. The zero-order valence-electron chi connectivity index (χ0n) is 19.2. The highest BCUT2D eigenvalue weighted by atomic mass is 32.2. The lowest BCUT2D eigenvalue weighted by Gasteiger charge is -2.19. The standard InChI is InChI=1S/C26H24N2O5S2/c1-18-3-8-22(9-4-18)34(30,31)27-15-14-21-17-25(29)26-20(7-12-24(21)27)13-16-28(26)35(32,33)23-10-5-19(2)6-11-23/h3-16,25,29H,17H2,1-2H3/b12-7-. The molecule has 1 aliphatic rings. The van der Waals surface area contributed by atoms with E-state index in [0.717, 1.165) is 15.1 Å². The van der Waals surface area contributed by atoms with Gasteiger partial charge in [0.1, 0.15) is 0 Å². The van der Waals surface area contributed by atoms with E-state index in [9.17, 15) is 21.9 Å². The predicted octanol–water partition coefficient (Wildman–Crippen LogP) is 4.14. The number of aliphatic hydroxyl groups excluding tert-OH is 1. The lowest BCUT2D eigenvalue weighted by atomic mass is 10.00. The molecule has 4 aromatic rings. The van der Waals surface area contributed by atoms with E-state index in [1.807, 2.05) is 13.8 Å². The molecule has 0 saturated heterocycles. The van der Waals surface area contributed by atoms with Crippen molar-refractivity contribution in [2.45, 2.75) is 36.2 Å². The first kappa shape index (κ1) is 23.3. The Balaban J connectivity index is 1.59. The molecular weight excluding hydrogens is 484 g/mol. The van der Waals surface area contributed by atoms with Crippen LogP contribution in [0.25, 0.3) is 12.2 Å². The smallest absolute Gasteiger partial charge is 0.268 e. The molecule has 0 aliphatic heterocycles. The van der Waals surface area contributed by atoms with E-state index in [1.165, 1.54) is 28.5 Å². The summed E-state index contributed by atoms with van der Waals surface area (Å²) in [6.45, 7) is 3.76. The minimum atomic E-state index is -3.93. The first-order chi connectivity index (χ1) is 16.6. The van der Waals surface area contributed by atoms with Crippen LogP contribution < -0.4 is 0 Å². The van der Waals surface area contributed by atoms with Crippen molar-refractivity contribution in [2.75, 3.05) is 0 Å². The molecule has 0 amide bonds.